The molecular weight excluding hydrogens is 634 g/mol. The smallest absolute Gasteiger partial charge is 0.237 e. The zero-order valence-electron chi connectivity index (χ0n) is 23.2. The molecule has 4 aromatic carbocycles. The quantitative estimate of drug-likeness (QED) is 0.109. The van der Waals surface area contributed by atoms with Crippen LogP contribution in [0.3, 0.4) is 0 Å². The van der Waals surface area contributed by atoms with Crippen molar-refractivity contribution in [2.45, 2.75) is 0 Å². The number of fused-ring (bicyclic) bond motifs is 3. The molecule has 0 aromatic heterocycles. The second-order valence-corrected chi connectivity index (χ2v) is 9.56. The van der Waals surface area contributed by atoms with Crippen LogP contribution in [-0.4, -0.2) is 0 Å². The second kappa shape index (κ2) is 11.6. The summed E-state index contributed by atoms with van der Waals surface area (Å²) in [6, 6.07) is 9.62. The number of nitriles is 4. The summed E-state index contributed by atoms with van der Waals surface area (Å²) in [5.74, 6) is -10.6. The molecule has 0 saturated heterocycles. The van der Waals surface area contributed by atoms with E-state index in [9.17, 15) is 29.8 Å². The van der Waals surface area contributed by atoms with Crippen LogP contribution < -0.4 is 0 Å². The molecule has 0 fully saturated rings. The minimum Gasteiger partial charge on any atom is -0.237 e. The van der Waals surface area contributed by atoms with Gasteiger partial charge in [0, 0.05) is 22.3 Å². The molecule has 5 rings (SSSR count). The minimum atomic E-state index is -1.78. The fraction of sp³-hybridized carbons (Fsp3) is 0. The molecule has 0 unspecified atom stereocenters. The molecule has 1 aliphatic carbocycles. The third-order valence-corrected chi connectivity index (χ3v) is 7.39. The minimum absolute atomic E-state index is 0.0956. The van der Waals surface area contributed by atoms with Crippen LogP contribution >= 0.6 is 0 Å². The number of nitrogens with zero attached hydrogens (tertiary/aromatic N) is 8. The molecule has 0 radical (unpaired) electrons. The van der Waals surface area contributed by atoms with Crippen LogP contribution in [0.1, 0.15) is 27.8 Å². The Morgan fingerprint density at radius 1 is 0.521 bits per heavy atom. The Balaban J connectivity index is 2.01. The summed E-state index contributed by atoms with van der Waals surface area (Å²) >= 11 is 0. The summed E-state index contributed by atoms with van der Waals surface area (Å²) in [7, 11) is 0. The maximum absolute atomic E-state index is 15.5. The molecule has 0 aliphatic heterocycles. The molecule has 222 valence electrons. The van der Waals surface area contributed by atoms with Crippen molar-refractivity contribution in [1.82, 2.24) is 0 Å². The molecule has 48 heavy (non-hydrogen) atoms. The van der Waals surface area contributed by atoms with Gasteiger partial charge in [0.15, 0.2) is 29.0 Å². The second-order valence-electron chi connectivity index (χ2n) is 9.56. The van der Waals surface area contributed by atoms with Gasteiger partial charge in [0.2, 0.25) is 0 Å². The lowest BCUT2D eigenvalue weighted by atomic mass is 9.90. The zero-order valence-corrected chi connectivity index (χ0v) is 23.2. The van der Waals surface area contributed by atoms with Crippen LogP contribution in [0.2, 0.25) is 0 Å². The van der Waals surface area contributed by atoms with Gasteiger partial charge in [-0.15, -0.1) is 0 Å². The molecule has 0 bridgehead atoms. The number of hydrogen-bond donors (Lipinski definition) is 0. The van der Waals surface area contributed by atoms with E-state index in [1.807, 2.05) is 0 Å². The highest BCUT2D eigenvalue weighted by molar-refractivity contribution is 6.08. The molecule has 14 heteroatoms. The van der Waals surface area contributed by atoms with Crippen molar-refractivity contribution < 1.29 is 26.3 Å². The highest BCUT2D eigenvalue weighted by atomic mass is 19.2. The Kier molecular flexibility index (Phi) is 7.60. The highest BCUT2D eigenvalue weighted by Gasteiger charge is 2.34. The summed E-state index contributed by atoms with van der Waals surface area (Å²) in [6.45, 7) is 29.5. The average Bonchev–Trinajstić information content (AvgIpc) is 3.37. The Bertz CT molecular complexity index is 2360. The van der Waals surface area contributed by atoms with Crippen molar-refractivity contribution in [2.75, 3.05) is 0 Å². The van der Waals surface area contributed by atoms with Crippen molar-refractivity contribution in [1.29, 1.82) is 21.0 Å². The van der Waals surface area contributed by atoms with Gasteiger partial charge in [-0.05, 0) is 46.0 Å². The number of benzene rings is 4. The molecule has 0 N–H and O–H groups in total. The molecule has 0 saturated carbocycles. The van der Waals surface area contributed by atoms with Crippen molar-refractivity contribution in [3.05, 3.63) is 138 Å². The number of hydrogen-bond acceptors (Lipinski definition) is 4. The van der Waals surface area contributed by atoms with Gasteiger partial charge in [-0.25, -0.2) is 51.0 Å². The van der Waals surface area contributed by atoms with Gasteiger partial charge in [-0.3, -0.25) is 0 Å². The largest absolute Gasteiger partial charge is 0.270 e. The van der Waals surface area contributed by atoms with Crippen LogP contribution in [0.4, 0.5) is 43.4 Å². The first-order valence-corrected chi connectivity index (χ1v) is 12.6. The normalized spacial score (nSPS) is 11.6. The fourth-order valence-corrected chi connectivity index (χ4v) is 5.34. The number of halogens is 6. The standard InChI is InChI=1S/C34H4F6N8/c1-45-22-8-18-16(7-19(22)26-28(36)21(11-43)30(38)34(48-4)32(26)40)15-6-14(13(9-41)5-17(15)24(18)23(12-44)46-2)25-27(35)20(10-42)29(37)33(47-3)31(25)39/h5-8H/b24-23-. The first kappa shape index (κ1) is 31.5. The third-order valence-electron chi connectivity index (χ3n) is 7.39. The summed E-state index contributed by atoms with van der Waals surface area (Å²) in [4.78, 5) is 11.8. The van der Waals surface area contributed by atoms with Gasteiger partial charge in [0.05, 0.1) is 44.0 Å². The van der Waals surface area contributed by atoms with E-state index in [4.69, 9.17) is 26.3 Å². The van der Waals surface area contributed by atoms with E-state index in [1.54, 1.807) is 12.1 Å². The van der Waals surface area contributed by atoms with Crippen molar-refractivity contribution >= 4 is 22.6 Å². The highest BCUT2D eigenvalue weighted by Crippen LogP contribution is 2.53. The maximum Gasteiger partial charge on any atom is 0.270 e. The molecule has 4 aromatic rings. The van der Waals surface area contributed by atoms with Crippen LogP contribution in [-0.2, 0) is 0 Å². The summed E-state index contributed by atoms with van der Waals surface area (Å²) in [5.41, 5.74) is -11.3. The van der Waals surface area contributed by atoms with E-state index in [2.05, 4.69) is 19.4 Å². The van der Waals surface area contributed by atoms with Crippen molar-refractivity contribution in [3.8, 4) is 57.7 Å². The number of rotatable bonds is 2. The van der Waals surface area contributed by atoms with E-state index >= 15 is 17.6 Å². The van der Waals surface area contributed by atoms with Gasteiger partial charge in [-0.1, -0.05) is 6.07 Å². The first-order valence-electron chi connectivity index (χ1n) is 12.6. The Morgan fingerprint density at radius 3 is 1.42 bits per heavy atom. The molecular formula is C34H4F6N8. The molecule has 1 aliphatic rings. The zero-order chi connectivity index (χ0) is 35.2. The summed E-state index contributed by atoms with van der Waals surface area (Å²) < 4.78 is 91.3. The van der Waals surface area contributed by atoms with Crippen LogP contribution in [0.5, 0.6) is 0 Å². The van der Waals surface area contributed by atoms with E-state index in [0.717, 1.165) is 24.3 Å². The first-order chi connectivity index (χ1) is 23.0. The van der Waals surface area contributed by atoms with Gasteiger partial charge in [0.25, 0.3) is 17.1 Å². The molecule has 8 nitrogen and oxygen atoms in total. The molecule has 0 atom stereocenters. The third kappa shape index (κ3) is 4.18. The maximum atomic E-state index is 15.5. The summed E-state index contributed by atoms with van der Waals surface area (Å²) in [6.07, 6.45) is 0. The predicted octanol–water partition coefficient (Wildman–Crippen LogP) is 9.31. The van der Waals surface area contributed by atoms with Crippen molar-refractivity contribution in [2.24, 2.45) is 0 Å². The number of allylic oxidation sites excluding steroid dienone is 1. The van der Waals surface area contributed by atoms with Crippen LogP contribution in [0.15, 0.2) is 30.0 Å². The van der Waals surface area contributed by atoms with Gasteiger partial charge < -0.3 is 0 Å². The lowest BCUT2D eigenvalue weighted by Gasteiger charge is -2.15. The SMILES string of the molecule is [C-]#[N+]/C(C#N)=C1/c2cc(C#N)c(-c3c(F)c(C#N)c(F)c([N+]#[C-])c3F)cc2-c2cc(-c3c(F)c(C#N)c(F)c([N+]#[C-])c3F)c([N+]#[C-])cc21. The molecule has 0 heterocycles. The topological polar surface area (TPSA) is 113 Å². The average molecular weight is 638 g/mol. The Hall–Kier alpha value is -7.88. The molecule has 0 amide bonds. The Labute approximate surface area is 266 Å². The van der Waals surface area contributed by atoms with E-state index in [0.29, 0.717) is 0 Å². The van der Waals surface area contributed by atoms with Crippen LogP contribution in [0, 0.1) is 107 Å². The summed E-state index contributed by atoms with van der Waals surface area (Å²) in [5, 5.41) is 38.4. The lowest BCUT2D eigenvalue weighted by Crippen LogP contribution is -2.01. The van der Waals surface area contributed by atoms with E-state index in [1.165, 1.54) is 12.1 Å². The predicted molar refractivity (Wildman–Crippen MR) is 154 cm³/mol. The van der Waals surface area contributed by atoms with E-state index < -0.39 is 96.6 Å². The lowest BCUT2D eigenvalue weighted by molar-refractivity contribution is 0.550. The Morgan fingerprint density at radius 2 is 1.00 bits per heavy atom. The monoisotopic (exact) mass is 638 g/mol. The van der Waals surface area contributed by atoms with E-state index in [-0.39, 0.29) is 27.8 Å². The van der Waals surface area contributed by atoms with Crippen LogP contribution in [0.25, 0.3) is 58.3 Å². The fourth-order valence-electron chi connectivity index (χ4n) is 5.34. The molecule has 0 spiro atoms. The van der Waals surface area contributed by atoms with Crippen molar-refractivity contribution in [3.63, 3.8) is 0 Å². The van der Waals surface area contributed by atoms with Gasteiger partial charge in [-0.2, -0.15) is 15.8 Å². The van der Waals surface area contributed by atoms with Gasteiger partial charge in [0.1, 0.15) is 34.9 Å². The van der Waals surface area contributed by atoms with Gasteiger partial charge >= 0.3 is 0 Å².